The Balaban J connectivity index is 1.55. The van der Waals surface area contributed by atoms with Gasteiger partial charge in [0.15, 0.2) is 0 Å². The second kappa shape index (κ2) is 5.31. The minimum absolute atomic E-state index is 0.342. The van der Waals surface area contributed by atoms with E-state index in [1.807, 2.05) is 0 Å². The number of hydrogen-bond donors (Lipinski definition) is 2. The Labute approximate surface area is 93.5 Å². The molecule has 0 aromatic carbocycles. The van der Waals surface area contributed by atoms with Crippen molar-refractivity contribution in [2.45, 2.75) is 51.5 Å². The van der Waals surface area contributed by atoms with E-state index in [-0.39, 0.29) is 0 Å². The molecule has 15 heavy (non-hydrogen) atoms. The van der Waals surface area contributed by atoms with Crippen LogP contribution in [0.15, 0.2) is 0 Å². The molecule has 0 spiro atoms. The molecule has 2 aliphatic carbocycles. The lowest BCUT2D eigenvalue weighted by atomic mass is 10.1. The average molecular weight is 211 g/mol. The van der Waals surface area contributed by atoms with Gasteiger partial charge < -0.3 is 10.4 Å². The van der Waals surface area contributed by atoms with E-state index in [1.165, 1.54) is 32.1 Å². The molecule has 88 valence electrons. The molecule has 1 unspecified atom stereocenters. The molecule has 0 aliphatic heterocycles. The highest BCUT2D eigenvalue weighted by Crippen LogP contribution is 2.44. The summed E-state index contributed by atoms with van der Waals surface area (Å²) in [5, 5.41) is 12.7. The number of aliphatic hydroxyl groups is 1. The fourth-order valence-electron chi connectivity index (χ4n) is 2.44. The van der Waals surface area contributed by atoms with Crippen LogP contribution in [-0.2, 0) is 0 Å². The maximum absolute atomic E-state index is 8.92. The predicted molar refractivity (Wildman–Crippen MR) is 62.7 cm³/mol. The molecule has 2 aliphatic rings. The van der Waals surface area contributed by atoms with E-state index in [9.17, 15) is 0 Å². The average Bonchev–Trinajstić information content (AvgIpc) is 3.09. The molecule has 0 heterocycles. The largest absolute Gasteiger partial charge is 0.396 e. The van der Waals surface area contributed by atoms with Crippen LogP contribution in [0.25, 0.3) is 0 Å². The Kier molecular flexibility index (Phi) is 4.04. The molecular weight excluding hydrogens is 186 g/mol. The van der Waals surface area contributed by atoms with Crippen molar-refractivity contribution >= 4 is 0 Å². The van der Waals surface area contributed by atoms with Crippen LogP contribution in [-0.4, -0.2) is 24.3 Å². The fourth-order valence-corrected chi connectivity index (χ4v) is 2.44. The van der Waals surface area contributed by atoms with E-state index in [0.717, 1.165) is 30.8 Å². The molecule has 2 heteroatoms. The predicted octanol–water partition coefficient (Wildman–Crippen LogP) is 2.17. The highest BCUT2D eigenvalue weighted by atomic mass is 16.3. The van der Waals surface area contributed by atoms with Gasteiger partial charge in [-0.2, -0.15) is 0 Å². The molecule has 0 bridgehead atoms. The normalized spacial score (nSPS) is 23.4. The second-order valence-corrected chi connectivity index (χ2v) is 5.58. The SMILES string of the molecule is CC(CO)CCCNC(C1CC1)C1CC1. The van der Waals surface area contributed by atoms with Gasteiger partial charge in [0.1, 0.15) is 0 Å². The third kappa shape index (κ3) is 3.76. The maximum atomic E-state index is 8.92. The standard InChI is InChI=1S/C13H25NO/c1-10(9-15)3-2-8-14-13(11-4-5-11)12-6-7-12/h10-15H,2-9H2,1H3. The van der Waals surface area contributed by atoms with Gasteiger partial charge in [0.2, 0.25) is 0 Å². The Morgan fingerprint density at radius 2 is 1.80 bits per heavy atom. The molecule has 2 nitrogen and oxygen atoms in total. The molecule has 1 atom stereocenters. The minimum atomic E-state index is 0.342. The van der Waals surface area contributed by atoms with Crippen LogP contribution in [0.4, 0.5) is 0 Å². The van der Waals surface area contributed by atoms with Gasteiger partial charge in [-0.05, 0) is 62.8 Å². The third-order valence-corrected chi connectivity index (χ3v) is 3.83. The molecule has 0 aromatic heterocycles. The first-order valence-electron chi connectivity index (χ1n) is 6.65. The van der Waals surface area contributed by atoms with Gasteiger partial charge in [-0.3, -0.25) is 0 Å². The summed E-state index contributed by atoms with van der Waals surface area (Å²) >= 11 is 0. The zero-order valence-corrected chi connectivity index (χ0v) is 9.91. The summed E-state index contributed by atoms with van der Waals surface area (Å²) in [6.45, 7) is 3.62. The third-order valence-electron chi connectivity index (χ3n) is 3.83. The van der Waals surface area contributed by atoms with Crippen molar-refractivity contribution in [3.05, 3.63) is 0 Å². The monoisotopic (exact) mass is 211 g/mol. The van der Waals surface area contributed by atoms with Crippen LogP contribution in [0.1, 0.15) is 45.4 Å². The smallest absolute Gasteiger partial charge is 0.0456 e. The van der Waals surface area contributed by atoms with Gasteiger partial charge in [0.25, 0.3) is 0 Å². The number of hydrogen-bond acceptors (Lipinski definition) is 2. The Morgan fingerprint density at radius 1 is 1.20 bits per heavy atom. The summed E-state index contributed by atoms with van der Waals surface area (Å²) in [7, 11) is 0. The van der Waals surface area contributed by atoms with Crippen LogP contribution in [0.5, 0.6) is 0 Å². The van der Waals surface area contributed by atoms with Crippen LogP contribution in [0.3, 0.4) is 0 Å². The molecule has 0 saturated heterocycles. The summed E-state index contributed by atoms with van der Waals surface area (Å²) in [6, 6.07) is 0.842. The summed E-state index contributed by atoms with van der Waals surface area (Å²) < 4.78 is 0. The molecule has 0 radical (unpaired) electrons. The molecule has 0 aromatic rings. The molecule has 2 rings (SSSR count). The van der Waals surface area contributed by atoms with Crippen molar-refractivity contribution in [1.29, 1.82) is 0 Å². The van der Waals surface area contributed by atoms with Crippen molar-refractivity contribution < 1.29 is 5.11 Å². The fraction of sp³-hybridized carbons (Fsp3) is 1.00. The number of nitrogens with one attached hydrogen (secondary N) is 1. The second-order valence-electron chi connectivity index (χ2n) is 5.58. The quantitative estimate of drug-likeness (QED) is 0.603. The Morgan fingerprint density at radius 3 is 2.27 bits per heavy atom. The van der Waals surface area contributed by atoms with E-state index in [1.54, 1.807) is 0 Å². The first-order chi connectivity index (χ1) is 7.31. The molecule has 0 amide bonds. The highest BCUT2D eigenvalue weighted by Gasteiger charge is 2.40. The zero-order valence-electron chi connectivity index (χ0n) is 9.91. The van der Waals surface area contributed by atoms with E-state index in [2.05, 4.69) is 12.2 Å². The highest BCUT2D eigenvalue weighted by molar-refractivity contribution is 4.96. The summed E-state index contributed by atoms with van der Waals surface area (Å²) in [5.41, 5.74) is 0. The Bertz CT molecular complexity index is 175. The first kappa shape index (κ1) is 11.4. The van der Waals surface area contributed by atoms with E-state index in [0.29, 0.717) is 12.5 Å². The van der Waals surface area contributed by atoms with Gasteiger partial charge in [0.05, 0.1) is 0 Å². The van der Waals surface area contributed by atoms with Crippen LogP contribution in [0.2, 0.25) is 0 Å². The summed E-state index contributed by atoms with van der Waals surface area (Å²) in [4.78, 5) is 0. The number of aliphatic hydroxyl groups excluding tert-OH is 1. The molecule has 2 N–H and O–H groups in total. The van der Waals surface area contributed by atoms with Crippen molar-refractivity contribution in [2.75, 3.05) is 13.2 Å². The van der Waals surface area contributed by atoms with E-state index in [4.69, 9.17) is 5.11 Å². The van der Waals surface area contributed by atoms with Crippen molar-refractivity contribution in [1.82, 2.24) is 5.32 Å². The molecule has 2 saturated carbocycles. The van der Waals surface area contributed by atoms with Crippen molar-refractivity contribution in [3.8, 4) is 0 Å². The van der Waals surface area contributed by atoms with Crippen molar-refractivity contribution in [3.63, 3.8) is 0 Å². The Hall–Kier alpha value is -0.0800. The van der Waals surface area contributed by atoms with Crippen molar-refractivity contribution in [2.24, 2.45) is 17.8 Å². The molecule has 2 fully saturated rings. The summed E-state index contributed by atoms with van der Waals surface area (Å²) in [6.07, 6.45) is 8.22. The lowest BCUT2D eigenvalue weighted by Crippen LogP contribution is -2.34. The lowest BCUT2D eigenvalue weighted by molar-refractivity contribution is 0.227. The van der Waals surface area contributed by atoms with Gasteiger partial charge in [-0.1, -0.05) is 6.92 Å². The zero-order chi connectivity index (χ0) is 10.7. The van der Waals surface area contributed by atoms with Gasteiger partial charge in [-0.25, -0.2) is 0 Å². The van der Waals surface area contributed by atoms with Gasteiger partial charge in [0, 0.05) is 12.6 Å². The summed E-state index contributed by atoms with van der Waals surface area (Å²) in [5.74, 6) is 2.49. The first-order valence-corrected chi connectivity index (χ1v) is 6.65. The maximum Gasteiger partial charge on any atom is 0.0456 e. The minimum Gasteiger partial charge on any atom is -0.396 e. The van der Waals surface area contributed by atoms with E-state index >= 15 is 0 Å². The number of rotatable bonds is 8. The van der Waals surface area contributed by atoms with Crippen LogP contribution < -0.4 is 5.32 Å². The van der Waals surface area contributed by atoms with Crippen LogP contribution in [0, 0.1) is 17.8 Å². The van der Waals surface area contributed by atoms with Crippen LogP contribution >= 0.6 is 0 Å². The topological polar surface area (TPSA) is 32.3 Å². The lowest BCUT2D eigenvalue weighted by Gasteiger charge is -2.18. The van der Waals surface area contributed by atoms with Gasteiger partial charge in [-0.15, -0.1) is 0 Å². The van der Waals surface area contributed by atoms with E-state index < -0.39 is 0 Å². The molecular formula is C13H25NO. The van der Waals surface area contributed by atoms with Gasteiger partial charge >= 0.3 is 0 Å².